The third kappa shape index (κ3) is 3.35. The Hall–Kier alpha value is -1.21. The molecule has 0 atom stereocenters. The number of halogens is 1. The van der Waals surface area contributed by atoms with Crippen molar-refractivity contribution in [2.45, 2.75) is 13.5 Å². The molecule has 3 heterocycles. The van der Waals surface area contributed by atoms with E-state index in [2.05, 4.69) is 10.3 Å². The van der Waals surface area contributed by atoms with Crippen LogP contribution in [0, 0.1) is 6.92 Å². The summed E-state index contributed by atoms with van der Waals surface area (Å²) in [4.78, 5) is 19.5. The van der Waals surface area contributed by atoms with Crippen molar-refractivity contribution >= 4 is 51.5 Å². The number of amides is 1. The molecule has 108 valence electrons. The quantitative estimate of drug-likeness (QED) is 0.729. The van der Waals surface area contributed by atoms with Crippen molar-refractivity contribution in [3.63, 3.8) is 0 Å². The first-order valence-corrected chi connectivity index (χ1v) is 9.06. The molecule has 0 unspecified atom stereocenters. The van der Waals surface area contributed by atoms with Crippen molar-refractivity contribution in [3.8, 4) is 9.88 Å². The van der Waals surface area contributed by atoms with Gasteiger partial charge in [0.25, 0.3) is 5.91 Å². The van der Waals surface area contributed by atoms with Crippen LogP contribution in [0.4, 0.5) is 0 Å². The second-order valence-corrected chi connectivity index (χ2v) is 8.05. The Morgan fingerprint density at radius 2 is 2.19 bits per heavy atom. The molecule has 0 spiro atoms. The van der Waals surface area contributed by atoms with E-state index in [0.717, 1.165) is 24.8 Å². The number of nitrogens with one attached hydrogen (secondary N) is 1. The maximum Gasteiger partial charge on any atom is 0.263 e. The second-order valence-electron chi connectivity index (χ2n) is 4.30. The van der Waals surface area contributed by atoms with E-state index in [4.69, 9.17) is 11.6 Å². The summed E-state index contributed by atoms with van der Waals surface area (Å²) in [5, 5.41) is 5.77. The lowest BCUT2D eigenvalue weighted by Crippen LogP contribution is -2.22. The van der Waals surface area contributed by atoms with Gasteiger partial charge in [-0.05, 0) is 30.5 Å². The van der Waals surface area contributed by atoms with Crippen LogP contribution in [0.5, 0.6) is 0 Å². The number of hydrogen-bond acceptors (Lipinski definition) is 5. The molecule has 1 amide bonds. The molecule has 3 aromatic rings. The van der Waals surface area contributed by atoms with Crippen LogP contribution in [0.25, 0.3) is 9.88 Å². The van der Waals surface area contributed by atoms with Crippen molar-refractivity contribution < 1.29 is 4.79 Å². The number of rotatable bonds is 4. The lowest BCUT2D eigenvalue weighted by Gasteiger charge is -2.01. The largest absolute Gasteiger partial charge is 0.346 e. The lowest BCUT2D eigenvalue weighted by atomic mass is 10.3. The smallest absolute Gasteiger partial charge is 0.263 e. The Balaban J connectivity index is 1.76. The number of hydrogen-bond donors (Lipinski definition) is 1. The molecule has 0 saturated heterocycles. The van der Waals surface area contributed by atoms with Crippen LogP contribution in [0.1, 0.15) is 20.2 Å². The highest BCUT2D eigenvalue weighted by Crippen LogP contribution is 2.34. The topological polar surface area (TPSA) is 42.0 Å². The molecule has 3 nitrogen and oxygen atoms in total. The van der Waals surface area contributed by atoms with Crippen LogP contribution < -0.4 is 5.32 Å². The van der Waals surface area contributed by atoms with Gasteiger partial charge in [0.15, 0.2) is 0 Å². The summed E-state index contributed by atoms with van der Waals surface area (Å²) < 4.78 is 0.724. The second kappa shape index (κ2) is 6.27. The Morgan fingerprint density at radius 1 is 1.33 bits per heavy atom. The number of thiazole rings is 1. The minimum Gasteiger partial charge on any atom is -0.346 e. The Kier molecular flexibility index (Phi) is 4.40. The average molecular weight is 355 g/mol. The Bertz CT molecular complexity index is 761. The average Bonchev–Trinajstić information content (AvgIpc) is 3.16. The molecule has 0 aliphatic carbocycles. The van der Waals surface area contributed by atoms with Gasteiger partial charge in [-0.15, -0.1) is 34.0 Å². The molecule has 0 aliphatic rings. The number of nitrogens with zero attached hydrogens (tertiary/aromatic N) is 1. The van der Waals surface area contributed by atoms with E-state index in [-0.39, 0.29) is 5.91 Å². The van der Waals surface area contributed by atoms with Gasteiger partial charge in [-0.1, -0.05) is 17.7 Å². The van der Waals surface area contributed by atoms with Crippen LogP contribution in [0.2, 0.25) is 4.34 Å². The molecule has 0 aliphatic heterocycles. The highest BCUT2D eigenvalue weighted by Gasteiger charge is 2.17. The maximum absolute atomic E-state index is 12.3. The van der Waals surface area contributed by atoms with E-state index in [9.17, 15) is 4.79 Å². The zero-order chi connectivity index (χ0) is 14.8. The number of carbonyl (C=O) groups excluding carboxylic acids is 1. The molecule has 7 heteroatoms. The van der Waals surface area contributed by atoms with Crippen LogP contribution in [0.3, 0.4) is 0 Å². The molecule has 0 saturated carbocycles. The number of carbonyl (C=O) groups is 1. The van der Waals surface area contributed by atoms with Gasteiger partial charge in [0.2, 0.25) is 0 Å². The van der Waals surface area contributed by atoms with E-state index in [0.29, 0.717) is 11.4 Å². The number of aryl methyl sites for hydroxylation is 1. The van der Waals surface area contributed by atoms with Crippen molar-refractivity contribution in [1.82, 2.24) is 10.3 Å². The minimum atomic E-state index is -0.0766. The van der Waals surface area contributed by atoms with E-state index in [1.807, 2.05) is 36.6 Å². The number of thiophene rings is 2. The third-order valence-corrected chi connectivity index (χ3v) is 6.22. The van der Waals surface area contributed by atoms with Gasteiger partial charge in [-0.2, -0.15) is 0 Å². The predicted molar refractivity (Wildman–Crippen MR) is 90.7 cm³/mol. The van der Waals surface area contributed by atoms with Crippen molar-refractivity contribution in [2.75, 3.05) is 0 Å². The summed E-state index contributed by atoms with van der Waals surface area (Å²) >= 11 is 10.4. The zero-order valence-corrected chi connectivity index (χ0v) is 14.3. The van der Waals surface area contributed by atoms with Gasteiger partial charge in [0.05, 0.1) is 21.5 Å². The van der Waals surface area contributed by atoms with Crippen LogP contribution >= 0.6 is 45.6 Å². The van der Waals surface area contributed by atoms with E-state index in [1.54, 1.807) is 11.3 Å². The van der Waals surface area contributed by atoms with Crippen molar-refractivity contribution in [2.24, 2.45) is 0 Å². The highest BCUT2D eigenvalue weighted by atomic mass is 35.5. The predicted octanol–water partition coefficient (Wildman–Crippen LogP) is 4.82. The monoisotopic (exact) mass is 354 g/mol. The van der Waals surface area contributed by atoms with Gasteiger partial charge in [-0.3, -0.25) is 4.79 Å². The van der Waals surface area contributed by atoms with E-state index < -0.39 is 0 Å². The Labute approximate surface area is 139 Å². The summed E-state index contributed by atoms with van der Waals surface area (Å²) in [6.45, 7) is 2.41. The molecule has 0 fully saturated rings. The van der Waals surface area contributed by atoms with Crippen LogP contribution in [0.15, 0.2) is 29.6 Å². The fourth-order valence-electron chi connectivity index (χ4n) is 1.80. The molecule has 1 N–H and O–H groups in total. The maximum atomic E-state index is 12.3. The van der Waals surface area contributed by atoms with Gasteiger partial charge in [0.1, 0.15) is 9.88 Å². The Morgan fingerprint density at radius 3 is 2.86 bits per heavy atom. The molecular formula is C14H11ClN2OS3. The van der Waals surface area contributed by atoms with Gasteiger partial charge < -0.3 is 5.32 Å². The van der Waals surface area contributed by atoms with Gasteiger partial charge >= 0.3 is 0 Å². The summed E-state index contributed by atoms with van der Waals surface area (Å²) in [6.07, 6.45) is 0. The molecule has 3 aromatic heterocycles. The first-order chi connectivity index (χ1) is 10.1. The summed E-state index contributed by atoms with van der Waals surface area (Å²) in [7, 11) is 0. The SMILES string of the molecule is Cc1nc(-c2ccc(Cl)s2)sc1C(=O)NCc1cccs1. The molecule has 0 radical (unpaired) electrons. The first-order valence-electron chi connectivity index (χ1n) is 6.17. The third-order valence-electron chi connectivity index (χ3n) is 2.79. The summed E-state index contributed by atoms with van der Waals surface area (Å²) in [5.74, 6) is -0.0766. The molecule has 3 rings (SSSR count). The van der Waals surface area contributed by atoms with Gasteiger partial charge in [-0.25, -0.2) is 4.98 Å². The van der Waals surface area contributed by atoms with Gasteiger partial charge in [0, 0.05) is 4.88 Å². The molecule has 21 heavy (non-hydrogen) atoms. The minimum absolute atomic E-state index is 0.0766. The van der Waals surface area contributed by atoms with Crippen LogP contribution in [-0.2, 0) is 6.54 Å². The first kappa shape index (κ1) is 14.7. The number of aromatic nitrogens is 1. The summed E-state index contributed by atoms with van der Waals surface area (Å²) in [5.41, 5.74) is 0.753. The van der Waals surface area contributed by atoms with Crippen LogP contribution in [-0.4, -0.2) is 10.9 Å². The fourth-order valence-corrected chi connectivity index (χ4v) is 4.53. The molecule has 0 aromatic carbocycles. The molecule has 0 bridgehead atoms. The standard InChI is InChI=1S/C14H11ClN2OS3/c1-8-12(13(18)16-7-9-3-2-6-19-9)21-14(17-8)10-4-5-11(15)20-10/h2-6H,7H2,1H3,(H,16,18). The lowest BCUT2D eigenvalue weighted by molar-refractivity contribution is 0.0954. The molecular weight excluding hydrogens is 344 g/mol. The normalized spacial score (nSPS) is 10.8. The summed E-state index contributed by atoms with van der Waals surface area (Å²) in [6, 6.07) is 7.75. The van der Waals surface area contributed by atoms with E-state index >= 15 is 0 Å². The van der Waals surface area contributed by atoms with E-state index in [1.165, 1.54) is 22.7 Å². The fraction of sp³-hybridized carbons (Fsp3) is 0.143. The zero-order valence-electron chi connectivity index (χ0n) is 11.1. The highest BCUT2D eigenvalue weighted by molar-refractivity contribution is 7.24. The van der Waals surface area contributed by atoms with Crippen molar-refractivity contribution in [1.29, 1.82) is 0 Å². The van der Waals surface area contributed by atoms with Crippen molar-refractivity contribution in [3.05, 3.63) is 49.4 Å².